The summed E-state index contributed by atoms with van der Waals surface area (Å²) in [6.45, 7) is 1.43. The van der Waals surface area contributed by atoms with Gasteiger partial charge in [-0.2, -0.15) is 11.3 Å². The van der Waals surface area contributed by atoms with Crippen LogP contribution in [-0.4, -0.2) is 30.0 Å². The van der Waals surface area contributed by atoms with E-state index in [9.17, 15) is 19.7 Å². The van der Waals surface area contributed by atoms with E-state index in [1.54, 1.807) is 11.3 Å². The Morgan fingerprint density at radius 1 is 1.35 bits per heavy atom. The molecule has 0 unspecified atom stereocenters. The molecule has 0 spiro atoms. The van der Waals surface area contributed by atoms with Gasteiger partial charge < -0.3 is 14.8 Å². The first-order chi connectivity index (χ1) is 12.4. The van der Waals surface area contributed by atoms with Crippen molar-refractivity contribution in [1.82, 2.24) is 0 Å². The number of rotatable bonds is 8. The minimum atomic E-state index is -1.05. The summed E-state index contributed by atoms with van der Waals surface area (Å²) in [7, 11) is 1.38. The first-order valence-corrected chi connectivity index (χ1v) is 8.69. The normalized spacial score (nSPS) is 11.5. The molecule has 2 rings (SSSR count). The summed E-state index contributed by atoms with van der Waals surface area (Å²) in [6.07, 6.45) is -0.349. The molecule has 1 heterocycles. The third-order valence-corrected chi connectivity index (χ3v) is 4.26. The number of nitrogens with one attached hydrogen (secondary N) is 1. The molecule has 0 radical (unpaired) electrons. The Bertz CT molecular complexity index is 791. The van der Waals surface area contributed by atoms with E-state index < -0.39 is 22.9 Å². The van der Waals surface area contributed by atoms with Gasteiger partial charge in [0.25, 0.3) is 11.6 Å². The van der Waals surface area contributed by atoms with Crippen molar-refractivity contribution in [3.8, 4) is 5.75 Å². The van der Waals surface area contributed by atoms with Gasteiger partial charge in [0.1, 0.15) is 5.75 Å². The fourth-order valence-corrected chi connectivity index (χ4v) is 2.84. The van der Waals surface area contributed by atoms with Crippen LogP contribution in [0.1, 0.15) is 18.9 Å². The zero-order valence-electron chi connectivity index (χ0n) is 14.3. The summed E-state index contributed by atoms with van der Waals surface area (Å²) in [5, 5.41) is 17.2. The summed E-state index contributed by atoms with van der Waals surface area (Å²) in [5.41, 5.74) is 0.972. The summed E-state index contributed by atoms with van der Waals surface area (Å²) in [6, 6.07) is 5.75. The Labute approximate surface area is 153 Å². The molecule has 0 bridgehead atoms. The second kappa shape index (κ2) is 8.95. The van der Waals surface area contributed by atoms with Gasteiger partial charge >= 0.3 is 5.97 Å². The van der Waals surface area contributed by atoms with Crippen LogP contribution >= 0.6 is 11.3 Å². The number of aryl methyl sites for hydroxylation is 1. The highest BCUT2D eigenvalue weighted by molar-refractivity contribution is 7.07. The topological polar surface area (TPSA) is 108 Å². The summed E-state index contributed by atoms with van der Waals surface area (Å²) in [5.74, 6) is -0.836. The van der Waals surface area contributed by atoms with E-state index in [0.717, 1.165) is 5.56 Å². The van der Waals surface area contributed by atoms with E-state index >= 15 is 0 Å². The van der Waals surface area contributed by atoms with Crippen molar-refractivity contribution in [3.05, 3.63) is 50.7 Å². The van der Waals surface area contributed by atoms with Crippen LogP contribution in [0, 0.1) is 10.1 Å². The third kappa shape index (κ3) is 5.28. The largest absolute Gasteiger partial charge is 0.495 e. The summed E-state index contributed by atoms with van der Waals surface area (Å²) < 4.78 is 10.2. The van der Waals surface area contributed by atoms with Crippen LogP contribution in [0.15, 0.2) is 35.0 Å². The monoisotopic (exact) mass is 378 g/mol. The number of carbonyl (C=O) groups is 2. The van der Waals surface area contributed by atoms with Crippen molar-refractivity contribution in [1.29, 1.82) is 0 Å². The van der Waals surface area contributed by atoms with Crippen molar-refractivity contribution < 1.29 is 24.0 Å². The molecule has 1 amide bonds. The van der Waals surface area contributed by atoms with Gasteiger partial charge in [-0.3, -0.25) is 19.7 Å². The van der Waals surface area contributed by atoms with Gasteiger partial charge in [-0.25, -0.2) is 0 Å². The van der Waals surface area contributed by atoms with Crippen molar-refractivity contribution in [2.75, 3.05) is 12.4 Å². The molecule has 0 saturated heterocycles. The molecule has 8 nitrogen and oxygen atoms in total. The van der Waals surface area contributed by atoms with Gasteiger partial charge in [-0.05, 0) is 41.8 Å². The first kappa shape index (κ1) is 19.4. The lowest BCUT2D eigenvalue weighted by Crippen LogP contribution is -2.30. The molecule has 0 aliphatic carbocycles. The average molecular weight is 378 g/mol. The predicted octanol–water partition coefficient (Wildman–Crippen LogP) is 3.17. The van der Waals surface area contributed by atoms with E-state index in [0.29, 0.717) is 6.42 Å². The summed E-state index contributed by atoms with van der Waals surface area (Å²) >= 11 is 1.54. The number of thiophene rings is 1. The molecule has 0 saturated carbocycles. The summed E-state index contributed by atoms with van der Waals surface area (Å²) in [4.78, 5) is 34.4. The maximum absolute atomic E-state index is 12.2. The molecule has 0 fully saturated rings. The fraction of sp³-hybridized carbons (Fsp3) is 0.294. The van der Waals surface area contributed by atoms with Gasteiger partial charge in [0.2, 0.25) is 0 Å². The molecule has 1 aromatic heterocycles. The van der Waals surface area contributed by atoms with Gasteiger partial charge in [-0.1, -0.05) is 0 Å². The minimum absolute atomic E-state index is 0.132. The SMILES string of the molecule is COc1ccc([N+](=O)[O-])cc1NC(=O)[C@H](C)OC(=O)CCc1ccsc1. The van der Waals surface area contributed by atoms with Crippen LogP contribution in [0.5, 0.6) is 5.75 Å². The van der Waals surface area contributed by atoms with Crippen molar-refractivity contribution in [3.63, 3.8) is 0 Å². The van der Waals surface area contributed by atoms with Crippen LogP contribution < -0.4 is 10.1 Å². The second-order valence-corrected chi connectivity index (χ2v) is 6.17. The standard InChI is InChI=1S/C17H18N2O6S/c1-11(25-16(20)6-3-12-7-8-26-10-12)17(21)18-14-9-13(19(22)23)4-5-15(14)24-2/h4-5,7-11H,3,6H2,1-2H3,(H,18,21)/t11-/m0/s1. The second-order valence-electron chi connectivity index (χ2n) is 5.39. The molecular weight excluding hydrogens is 360 g/mol. The lowest BCUT2D eigenvalue weighted by atomic mass is 10.2. The Kier molecular flexibility index (Phi) is 6.67. The van der Waals surface area contributed by atoms with Crippen LogP contribution in [0.4, 0.5) is 11.4 Å². The van der Waals surface area contributed by atoms with Gasteiger partial charge in [0.15, 0.2) is 6.10 Å². The highest BCUT2D eigenvalue weighted by Gasteiger charge is 2.20. The van der Waals surface area contributed by atoms with Gasteiger partial charge in [0.05, 0.1) is 17.7 Å². The molecule has 0 aliphatic rings. The van der Waals surface area contributed by atoms with E-state index in [2.05, 4.69) is 5.32 Å². The molecular formula is C17H18N2O6S. The number of esters is 1. The molecule has 138 valence electrons. The maximum atomic E-state index is 12.2. The Morgan fingerprint density at radius 3 is 2.73 bits per heavy atom. The number of ether oxygens (including phenoxy) is 2. The fourth-order valence-electron chi connectivity index (χ4n) is 2.13. The number of methoxy groups -OCH3 is 1. The first-order valence-electron chi connectivity index (χ1n) is 7.74. The maximum Gasteiger partial charge on any atom is 0.306 e. The molecule has 26 heavy (non-hydrogen) atoms. The average Bonchev–Trinajstić information content (AvgIpc) is 3.13. The van der Waals surface area contributed by atoms with E-state index in [-0.39, 0.29) is 23.5 Å². The number of hydrogen-bond donors (Lipinski definition) is 1. The molecule has 0 aliphatic heterocycles. The van der Waals surface area contributed by atoms with Gasteiger partial charge in [0, 0.05) is 18.6 Å². The van der Waals surface area contributed by atoms with E-state index in [4.69, 9.17) is 9.47 Å². The number of hydrogen-bond acceptors (Lipinski definition) is 7. The Morgan fingerprint density at radius 2 is 2.12 bits per heavy atom. The number of benzene rings is 1. The van der Waals surface area contributed by atoms with Crippen LogP contribution in [-0.2, 0) is 20.7 Å². The number of carbonyl (C=O) groups excluding carboxylic acids is 2. The van der Waals surface area contributed by atoms with Crippen LogP contribution in [0.25, 0.3) is 0 Å². The Hall–Kier alpha value is -2.94. The number of amides is 1. The van der Waals surface area contributed by atoms with Crippen molar-refractivity contribution in [2.45, 2.75) is 25.9 Å². The third-order valence-electron chi connectivity index (χ3n) is 3.53. The zero-order valence-corrected chi connectivity index (χ0v) is 15.1. The van der Waals surface area contributed by atoms with Crippen LogP contribution in [0.3, 0.4) is 0 Å². The quantitative estimate of drug-likeness (QED) is 0.429. The molecule has 1 N–H and O–H groups in total. The molecule has 9 heteroatoms. The highest BCUT2D eigenvalue weighted by Crippen LogP contribution is 2.29. The number of anilines is 1. The smallest absolute Gasteiger partial charge is 0.306 e. The minimum Gasteiger partial charge on any atom is -0.495 e. The Balaban J connectivity index is 1.94. The number of non-ortho nitro benzene ring substituents is 1. The lowest BCUT2D eigenvalue weighted by Gasteiger charge is -2.15. The zero-order chi connectivity index (χ0) is 19.1. The van der Waals surface area contributed by atoms with Crippen molar-refractivity contribution >= 4 is 34.6 Å². The lowest BCUT2D eigenvalue weighted by molar-refractivity contribution is -0.384. The van der Waals surface area contributed by atoms with Gasteiger partial charge in [-0.15, -0.1) is 0 Å². The molecule has 1 aromatic carbocycles. The molecule has 1 atom stereocenters. The van der Waals surface area contributed by atoms with Crippen LogP contribution in [0.2, 0.25) is 0 Å². The number of nitro benzene ring substituents is 1. The van der Waals surface area contributed by atoms with E-state index in [1.165, 1.54) is 32.2 Å². The van der Waals surface area contributed by atoms with Crippen molar-refractivity contribution in [2.24, 2.45) is 0 Å². The predicted molar refractivity (Wildman–Crippen MR) is 96.5 cm³/mol. The highest BCUT2D eigenvalue weighted by atomic mass is 32.1. The molecule has 2 aromatic rings. The van der Waals surface area contributed by atoms with E-state index in [1.807, 2.05) is 16.8 Å². The number of nitro groups is 1. The number of nitrogens with zero attached hydrogens (tertiary/aromatic N) is 1.